The molecule has 0 aromatic heterocycles. The van der Waals surface area contributed by atoms with Gasteiger partial charge < -0.3 is 10.6 Å². The fourth-order valence-electron chi connectivity index (χ4n) is 2.92. The van der Waals surface area contributed by atoms with Crippen LogP contribution in [0, 0.1) is 6.92 Å². The van der Waals surface area contributed by atoms with Gasteiger partial charge in [0.15, 0.2) is 0 Å². The molecule has 0 atom stereocenters. The first-order chi connectivity index (χ1) is 14.8. The number of aryl methyl sites for hydroxylation is 1. The lowest BCUT2D eigenvalue weighted by Crippen LogP contribution is -2.24. The average Bonchev–Trinajstić information content (AvgIpc) is 2.78. The van der Waals surface area contributed by atoms with Crippen molar-refractivity contribution in [3.63, 3.8) is 0 Å². The first-order valence-electron chi connectivity index (χ1n) is 9.58. The van der Waals surface area contributed by atoms with Gasteiger partial charge in [0, 0.05) is 30.4 Å². The predicted octanol–water partition coefficient (Wildman–Crippen LogP) is 3.09. The zero-order valence-corrected chi connectivity index (χ0v) is 18.0. The van der Waals surface area contributed by atoms with Crippen molar-refractivity contribution < 1.29 is 18.0 Å². The Hall–Kier alpha value is -3.49. The Labute approximate surface area is 181 Å². The summed E-state index contributed by atoms with van der Waals surface area (Å²) in [4.78, 5) is 24.4. The summed E-state index contributed by atoms with van der Waals surface area (Å²) in [6.45, 7) is 1.88. The number of carbonyl (C=O) groups is 2. The molecule has 160 valence electrons. The van der Waals surface area contributed by atoms with Gasteiger partial charge in [-0.2, -0.15) is 0 Å². The minimum Gasteiger partial charge on any atom is -0.355 e. The van der Waals surface area contributed by atoms with E-state index in [1.807, 2.05) is 30.3 Å². The summed E-state index contributed by atoms with van der Waals surface area (Å²) in [5.41, 5.74) is 2.68. The molecule has 0 spiro atoms. The minimum absolute atomic E-state index is 0.00847. The van der Waals surface area contributed by atoms with Gasteiger partial charge in [-0.3, -0.25) is 9.59 Å². The molecule has 0 fully saturated rings. The highest BCUT2D eigenvalue weighted by atomic mass is 32.2. The highest BCUT2D eigenvalue weighted by Gasteiger charge is 2.18. The summed E-state index contributed by atoms with van der Waals surface area (Å²) >= 11 is 0. The second-order valence-corrected chi connectivity index (χ2v) is 8.66. The van der Waals surface area contributed by atoms with Gasteiger partial charge in [0.05, 0.1) is 4.90 Å². The standard InChI is InChI=1S/C23H23N3O4S/c1-16-8-13-20(31(29,30)25-15-17-6-4-3-5-7-17)14-21(16)23(28)26-19-11-9-18(10-12-19)22(27)24-2/h3-14,25H,15H2,1-2H3,(H,24,27)(H,26,28). The fourth-order valence-corrected chi connectivity index (χ4v) is 3.96. The lowest BCUT2D eigenvalue weighted by molar-refractivity contribution is 0.0962. The van der Waals surface area contributed by atoms with Crippen LogP contribution in [-0.2, 0) is 16.6 Å². The Morgan fingerprint density at radius 3 is 2.19 bits per heavy atom. The van der Waals surface area contributed by atoms with Crippen molar-refractivity contribution in [1.29, 1.82) is 0 Å². The van der Waals surface area contributed by atoms with Crippen molar-refractivity contribution in [3.05, 3.63) is 95.1 Å². The largest absolute Gasteiger partial charge is 0.355 e. The second-order valence-electron chi connectivity index (χ2n) is 6.90. The van der Waals surface area contributed by atoms with Crippen molar-refractivity contribution in [2.45, 2.75) is 18.4 Å². The molecular weight excluding hydrogens is 414 g/mol. The predicted molar refractivity (Wildman–Crippen MR) is 119 cm³/mol. The quantitative estimate of drug-likeness (QED) is 0.528. The van der Waals surface area contributed by atoms with Gasteiger partial charge in [0.1, 0.15) is 0 Å². The summed E-state index contributed by atoms with van der Waals surface area (Å²) in [5, 5.41) is 5.26. The van der Waals surface area contributed by atoms with Crippen LogP contribution in [0.3, 0.4) is 0 Å². The van der Waals surface area contributed by atoms with E-state index in [2.05, 4.69) is 15.4 Å². The molecule has 0 unspecified atom stereocenters. The lowest BCUT2D eigenvalue weighted by atomic mass is 10.1. The Morgan fingerprint density at radius 1 is 0.871 bits per heavy atom. The molecule has 3 rings (SSSR count). The number of hydrogen-bond donors (Lipinski definition) is 3. The summed E-state index contributed by atoms with van der Waals surface area (Å²) in [6, 6.07) is 20.0. The van der Waals surface area contributed by atoms with Crippen molar-refractivity contribution in [1.82, 2.24) is 10.0 Å². The first kappa shape index (κ1) is 22.2. The smallest absolute Gasteiger partial charge is 0.255 e. The molecule has 3 aromatic rings. The molecule has 3 aromatic carbocycles. The maximum atomic E-state index is 12.8. The van der Waals surface area contributed by atoms with Crippen LogP contribution < -0.4 is 15.4 Å². The van der Waals surface area contributed by atoms with E-state index in [1.165, 1.54) is 19.2 Å². The highest BCUT2D eigenvalue weighted by molar-refractivity contribution is 7.89. The summed E-state index contributed by atoms with van der Waals surface area (Å²) < 4.78 is 27.9. The number of benzene rings is 3. The van der Waals surface area contributed by atoms with Gasteiger partial charge in [-0.1, -0.05) is 36.4 Å². The minimum atomic E-state index is -3.80. The molecule has 3 N–H and O–H groups in total. The molecule has 0 aliphatic heterocycles. The van der Waals surface area contributed by atoms with E-state index in [0.29, 0.717) is 16.8 Å². The maximum absolute atomic E-state index is 12.8. The summed E-state index contributed by atoms with van der Waals surface area (Å²) in [6.07, 6.45) is 0. The molecule has 2 amide bonds. The van der Waals surface area contributed by atoms with Gasteiger partial charge in [0.25, 0.3) is 11.8 Å². The Kier molecular flexibility index (Phi) is 6.84. The Bertz CT molecular complexity index is 1190. The number of sulfonamides is 1. The van der Waals surface area contributed by atoms with Gasteiger partial charge in [0.2, 0.25) is 10.0 Å². The van der Waals surface area contributed by atoms with Gasteiger partial charge in [-0.25, -0.2) is 13.1 Å². The topological polar surface area (TPSA) is 104 Å². The fraction of sp³-hybridized carbons (Fsp3) is 0.130. The third kappa shape index (κ3) is 5.56. The highest BCUT2D eigenvalue weighted by Crippen LogP contribution is 2.18. The van der Waals surface area contributed by atoms with Crippen molar-refractivity contribution in [2.75, 3.05) is 12.4 Å². The molecule has 0 saturated heterocycles. The Balaban J connectivity index is 1.76. The number of amides is 2. The number of rotatable bonds is 7. The third-order valence-electron chi connectivity index (χ3n) is 4.71. The lowest BCUT2D eigenvalue weighted by Gasteiger charge is -2.12. The molecule has 0 aliphatic rings. The van der Waals surface area contributed by atoms with Crippen LogP contribution in [0.25, 0.3) is 0 Å². The second kappa shape index (κ2) is 9.55. The summed E-state index contributed by atoms with van der Waals surface area (Å²) in [7, 11) is -2.26. The maximum Gasteiger partial charge on any atom is 0.255 e. The van der Waals surface area contributed by atoms with E-state index < -0.39 is 15.9 Å². The normalized spacial score (nSPS) is 11.0. The molecule has 31 heavy (non-hydrogen) atoms. The number of carbonyl (C=O) groups excluding carboxylic acids is 2. The van der Waals surface area contributed by atoms with E-state index in [4.69, 9.17) is 0 Å². The van der Waals surface area contributed by atoms with Crippen LogP contribution in [0.5, 0.6) is 0 Å². The first-order valence-corrected chi connectivity index (χ1v) is 11.1. The average molecular weight is 438 g/mol. The number of hydrogen-bond acceptors (Lipinski definition) is 4. The van der Waals surface area contributed by atoms with Crippen LogP contribution >= 0.6 is 0 Å². The summed E-state index contributed by atoms with van der Waals surface area (Å²) in [5.74, 6) is -0.667. The van der Waals surface area contributed by atoms with Gasteiger partial charge >= 0.3 is 0 Å². The SMILES string of the molecule is CNC(=O)c1ccc(NC(=O)c2cc(S(=O)(=O)NCc3ccccc3)ccc2C)cc1. The molecule has 0 saturated carbocycles. The van der Waals surface area contributed by atoms with Crippen molar-refractivity contribution in [3.8, 4) is 0 Å². The van der Waals surface area contributed by atoms with E-state index in [1.54, 1.807) is 37.3 Å². The van der Waals surface area contributed by atoms with Crippen LogP contribution in [0.1, 0.15) is 31.8 Å². The van der Waals surface area contributed by atoms with E-state index >= 15 is 0 Å². The third-order valence-corrected chi connectivity index (χ3v) is 6.10. The van der Waals surface area contributed by atoms with Crippen molar-refractivity contribution >= 4 is 27.5 Å². The van der Waals surface area contributed by atoms with Crippen LogP contribution in [0.2, 0.25) is 0 Å². The monoisotopic (exact) mass is 437 g/mol. The van der Waals surface area contributed by atoms with Crippen LogP contribution in [0.4, 0.5) is 5.69 Å². The molecule has 0 bridgehead atoms. The molecule has 0 radical (unpaired) electrons. The molecule has 0 aliphatic carbocycles. The number of nitrogens with one attached hydrogen (secondary N) is 3. The van der Waals surface area contributed by atoms with Gasteiger partial charge in [-0.05, 0) is 54.4 Å². The van der Waals surface area contributed by atoms with Crippen LogP contribution in [-0.4, -0.2) is 27.3 Å². The Morgan fingerprint density at radius 2 is 1.55 bits per heavy atom. The zero-order chi connectivity index (χ0) is 22.4. The van der Waals surface area contributed by atoms with E-state index in [9.17, 15) is 18.0 Å². The van der Waals surface area contributed by atoms with Gasteiger partial charge in [-0.15, -0.1) is 0 Å². The molecular formula is C23H23N3O4S. The molecule has 0 heterocycles. The number of anilines is 1. The van der Waals surface area contributed by atoms with Crippen molar-refractivity contribution in [2.24, 2.45) is 0 Å². The molecule has 7 nitrogen and oxygen atoms in total. The van der Waals surface area contributed by atoms with E-state index in [-0.39, 0.29) is 22.9 Å². The van der Waals surface area contributed by atoms with E-state index in [0.717, 1.165) is 5.56 Å². The molecule has 8 heteroatoms. The zero-order valence-electron chi connectivity index (χ0n) is 17.2. The van der Waals surface area contributed by atoms with Crippen LogP contribution in [0.15, 0.2) is 77.7 Å².